The van der Waals surface area contributed by atoms with E-state index < -0.39 is 0 Å². The smallest absolute Gasteiger partial charge is 0.253 e. The largest absolute Gasteiger partial charge is 0.346 e. The average Bonchev–Trinajstić information content (AvgIpc) is 2.69. The molecule has 1 saturated heterocycles. The van der Waals surface area contributed by atoms with Crippen LogP contribution in [-0.2, 0) is 0 Å². The van der Waals surface area contributed by atoms with E-state index in [0.29, 0.717) is 11.1 Å². The molecule has 1 atom stereocenters. The van der Waals surface area contributed by atoms with Gasteiger partial charge in [-0.2, -0.15) is 0 Å². The van der Waals surface area contributed by atoms with E-state index in [4.69, 9.17) is 0 Å². The second kappa shape index (κ2) is 8.15. The van der Waals surface area contributed by atoms with Crippen LogP contribution < -0.4 is 5.32 Å². The number of nitrogens with one attached hydrogen (secondary N) is 1. The summed E-state index contributed by atoms with van der Waals surface area (Å²) in [6.07, 6.45) is 0. The van der Waals surface area contributed by atoms with Crippen molar-refractivity contribution in [2.75, 3.05) is 33.2 Å². The summed E-state index contributed by atoms with van der Waals surface area (Å²) in [6, 6.07) is 16.7. The number of carbonyl (C=O) groups is 2. The summed E-state index contributed by atoms with van der Waals surface area (Å²) in [4.78, 5) is 29.1. The number of amides is 2. The molecule has 0 aliphatic carbocycles. The maximum absolute atomic E-state index is 12.6. The van der Waals surface area contributed by atoms with E-state index in [2.05, 4.69) is 17.3 Å². The van der Waals surface area contributed by atoms with Crippen LogP contribution in [0.3, 0.4) is 0 Å². The van der Waals surface area contributed by atoms with Crippen molar-refractivity contribution in [1.29, 1.82) is 0 Å². The van der Waals surface area contributed by atoms with E-state index in [1.54, 1.807) is 24.3 Å². The predicted octanol–water partition coefficient (Wildman–Crippen LogP) is 2.57. The van der Waals surface area contributed by atoms with Crippen molar-refractivity contribution in [3.63, 3.8) is 0 Å². The van der Waals surface area contributed by atoms with Crippen molar-refractivity contribution in [2.45, 2.75) is 13.0 Å². The monoisotopic (exact) mass is 351 g/mol. The Morgan fingerprint density at radius 2 is 1.46 bits per heavy atom. The molecule has 2 amide bonds. The van der Waals surface area contributed by atoms with Gasteiger partial charge in [-0.15, -0.1) is 0 Å². The highest BCUT2D eigenvalue weighted by Gasteiger charge is 2.20. The molecule has 0 saturated carbocycles. The van der Waals surface area contributed by atoms with Gasteiger partial charge in [-0.1, -0.05) is 30.3 Å². The van der Waals surface area contributed by atoms with Crippen molar-refractivity contribution in [2.24, 2.45) is 0 Å². The van der Waals surface area contributed by atoms with E-state index in [-0.39, 0.29) is 17.9 Å². The normalized spacial score (nSPS) is 16.2. The lowest BCUT2D eigenvalue weighted by Gasteiger charge is -2.32. The van der Waals surface area contributed by atoms with Gasteiger partial charge >= 0.3 is 0 Å². The highest BCUT2D eigenvalue weighted by molar-refractivity contribution is 5.98. The highest BCUT2D eigenvalue weighted by atomic mass is 16.2. The molecule has 1 heterocycles. The molecule has 2 aromatic rings. The van der Waals surface area contributed by atoms with E-state index in [1.807, 2.05) is 42.2 Å². The summed E-state index contributed by atoms with van der Waals surface area (Å²) >= 11 is 0. The Kier molecular flexibility index (Phi) is 5.68. The second-order valence-corrected chi connectivity index (χ2v) is 6.78. The zero-order valence-electron chi connectivity index (χ0n) is 15.3. The highest BCUT2D eigenvalue weighted by Crippen LogP contribution is 2.14. The number of carbonyl (C=O) groups excluding carboxylic acids is 2. The van der Waals surface area contributed by atoms with E-state index in [9.17, 15) is 9.59 Å². The molecule has 1 unspecified atom stereocenters. The minimum Gasteiger partial charge on any atom is -0.346 e. The molecule has 0 spiro atoms. The number of nitrogens with zero attached hydrogens (tertiary/aromatic N) is 2. The van der Waals surface area contributed by atoms with Gasteiger partial charge in [-0.05, 0) is 43.8 Å². The molecule has 5 nitrogen and oxygen atoms in total. The van der Waals surface area contributed by atoms with Crippen molar-refractivity contribution in [3.8, 4) is 0 Å². The Morgan fingerprint density at radius 3 is 2.08 bits per heavy atom. The van der Waals surface area contributed by atoms with Crippen LogP contribution in [0.4, 0.5) is 0 Å². The Morgan fingerprint density at radius 1 is 0.885 bits per heavy atom. The fourth-order valence-corrected chi connectivity index (χ4v) is 3.06. The van der Waals surface area contributed by atoms with Crippen LogP contribution in [0.15, 0.2) is 54.6 Å². The number of benzene rings is 2. The first-order chi connectivity index (χ1) is 12.5. The molecule has 2 aromatic carbocycles. The third-order valence-corrected chi connectivity index (χ3v) is 4.83. The molecule has 136 valence electrons. The topological polar surface area (TPSA) is 52.7 Å². The number of piperazine rings is 1. The molecular weight excluding hydrogens is 326 g/mol. The zero-order valence-corrected chi connectivity index (χ0v) is 15.3. The van der Waals surface area contributed by atoms with Crippen molar-refractivity contribution < 1.29 is 9.59 Å². The molecular formula is C21H25N3O2. The quantitative estimate of drug-likeness (QED) is 0.921. The predicted molar refractivity (Wildman–Crippen MR) is 102 cm³/mol. The van der Waals surface area contributed by atoms with Crippen LogP contribution in [0.1, 0.15) is 39.2 Å². The molecule has 26 heavy (non-hydrogen) atoms. The summed E-state index contributed by atoms with van der Waals surface area (Å²) in [6.45, 7) is 5.23. The second-order valence-electron chi connectivity index (χ2n) is 6.78. The third-order valence-electron chi connectivity index (χ3n) is 4.83. The van der Waals surface area contributed by atoms with Crippen LogP contribution >= 0.6 is 0 Å². The molecule has 1 aliphatic heterocycles. The van der Waals surface area contributed by atoms with Gasteiger partial charge < -0.3 is 15.1 Å². The van der Waals surface area contributed by atoms with Crippen LogP contribution in [0.25, 0.3) is 0 Å². The first-order valence-electron chi connectivity index (χ1n) is 8.98. The van der Waals surface area contributed by atoms with Crippen LogP contribution in [0, 0.1) is 0 Å². The van der Waals surface area contributed by atoms with Crippen LogP contribution in [-0.4, -0.2) is 54.8 Å². The fourth-order valence-electron chi connectivity index (χ4n) is 3.06. The number of hydrogen-bond donors (Lipinski definition) is 1. The molecule has 5 heteroatoms. The van der Waals surface area contributed by atoms with Crippen molar-refractivity contribution in [1.82, 2.24) is 15.1 Å². The molecule has 1 N–H and O–H groups in total. The van der Waals surface area contributed by atoms with Gasteiger partial charge in [0, 0.05) is 37.3 Å². The number of rotatable bonds is 4. The van der Waals surface area contributed by atoms with Gasteiger partial charge in [0.2, 0.25) is 0 Å². The van der Waals surface area contributed by atoms with Gasteiger partial charge in [0.15, 0.2) is 0 Å². The molecule has 1 aliphatic rings. The summed E-state index contributed by atoms with van der Waals surface area (Å²) in [5, 5.41) is 2.99. The lowest BCUT2D eigenvalue weighted by Crippen LogP contribution is -2.47. The van der Waals surface area contributed by atoms with Crippen molar-refractivity contribution >= 4 is 11.8 Å². The summed E-state index contributed by atoms with van der Waals surface area (Å²) in [5.74, 6) is -0.109. The summed E-state index contributed by atoms with van der Waals surface area (Å²) in [7, 11) is 2.06. The standard InChI is InChI=1S/C21H25N3O2/c1-16(17-6-4-3-5-7-17)22-20(25)18-8-10-19(11-9-18)21(26)24-14-12-23(2)13-15-24/h3-11,16H,12-15H2,1-2H3,(H,22,25). The summed E-state index contributed by atoms with van der Waals surface area (Å²) < 4.78 is 0. The maximum atomic E-state index is 12.6. The lowest BCUT2D eigenvalue weighted by molar-refractivity contribution is 0.0663. The lowest BCUT2D eigenvalue weighted by atomic mass is 10.1. The number of hydrogen-bond acceptors (Lipinski definition) is 3. The van der Waals surface area contributed by atoms with Gasteiger partial charge in [0.25, 0.3) is 11.8 Å². The average molecular weight is 351 g/mol. The molecule has 1 fully saturated rings. The van der Waals surface area contributed by atoms with Gasteiger partial charge in [0.05, 0.1) is 6.04 Å². The SMILES string of the molecule is CC(NC(=O)c1ccc(C(=O)N2CCN(C)CC2)cc1)c1ccccc1. The first-order valence-corrected chi connectivity index (χ1v) is 8.98. The van der Waals surface area contributed by atoms with E-state index >= 15 is 0 Å². The minimum absolute atomic E-state index is 0.0303. The zero-order chi connectivity index (χ0) is 18.5. The summed E-state index contributed by atoms with van der Waals surface area (Å²) in [5.41, 5.74) is 2.24. The maximum Gasteiger partial charge on any atom is 0.253 e. The molecule has 0 radical (unpaired) electrons. The number of likely N-dealkylation sites (N-methyl/N-ethyl adjacent to an activating group) is 1. The van der Waals surface area contributed by atoms with Crippen LogP contribution in [0.2, 0.25) is 0 Å². The molecule has 0 aromatic heterocycles. The van der Waals surface area contributed by atoms with Gasteiger partial charge in [-0.25, -0.2) is 0 Å². The van der Waals surface area contributed by atoms with Crippen LogP contribution in [0.5, 0.6) is 0 Å². The van der Waals surface area contributed by atoms with E-state index in [1.165, 1.54) is 0 Å². The molecule has 0 bridgehead atoms. The van der Waals surface area contributed by atoms with Gasteiger partial charge in [0.1, 0.15) is 0 Å². The Balaban J connectivity index is 1.61. The Hall–Kier alpha value is -2.66. The van der Waals surface area contributed by atoms with Crippen molar-refractivity contribution in [3.05, 3.63) is 71.3 Å². The first kappa shape index (κ1) is 18.1. The van der Waals surface area contributed by atoms with Gasteiger partial charge in [-0.3, -0.25) is 9.59 Å². The Bertz CT molecular complexity index is 751. The fraction of sp³-hybridized carbons (Fsp3) is 0.333. The molecule has 3 rings (SSSR count). The third kappa shape index (κ3) is 4.29. The Labute approximate surface area is 154 Å². The van der Waals surface area contributed by atoms with E-state index in [0.717, 1.165) is 31.7 Å². The minimum atomic E-state index is -0.139.